The highest BCUT2D eigenvalue weighted by atomic mass is 32.2. The van der Waals surface area contributed by atoms with E-state index in [4.69, 9.17) is 9.47 Å². The summed E-state index contributed by atoms with van der Waals surface area (Å²) in [4.78, 5) is 15.2. The summed E-state index contributed by atoms with van der Waals surface area (Å²) in [6.07, 6.45) is 0.369. The fourth-order valence-electron chi connectivity index (χ4n) is 4.46. The van der Waals surface area contributed by atoms with Crippen molar-refractivity contribution in [3.05, 3.63) is 121 Å². The van der Waals surface area contributed by atoms with Gasteiger partial charge in [0.1, 0.15) is 17.2 Å². The number of nitrogens with one attached hydrogen (secondary N) is 2. The Morgan fingerprint density at radius 2 is 1.43 bits per heavy atom. The molecule has 0 fully saturated rings. The maximum Gasteiger partial charge on any atom is 0.326 e. The quantitative estimate of drug-likeness (QED) is 0.163. The third-order valence-corrected chi connectivity index (χ3v) is 8.06. The van der Waals surface area contributed by atoms with Gasteiger partial charge in [-0.25, -0.2) is 17.9 Å². The van der Waals surface area contributed by atoms with Crippen LogP contribution in [0.2, 0.25) is 0 Å². The number of carbonyl (C=O) groups excluding carboxylic acids is 1. The Morgan fingerprint density at radius 1 is 0.762 bits per heavy atom. The lowest BCUT2D eigenvalue weighted by atomic mass is 10.1. The van der Waals surface area contributed by atoms with Crippen molar-refractivity contribution in [2.24, 2.45) is 0 Å². The van der Waals surface area contributed by atoms with Gasteiger partial charge in [0, 0.05) is 18.8 Å². The average Bonchev–Trinajstić information content (AvgIpc) is 3.02. The molecule has 5 aromatic carbocycles. The molecule has 0 saturated heterocycles. The molecule has 0 aromatic heterocycles. The molecule has 0 saturated carbocycles. The smallest absolute Gasteiger partial charge is 0.326 e. The summed E-state index contributed by atoms with van der Waals surface area (Å²) in [6, 6.07) is 36.0. The van der Waals surface area contributed by atoms with E-state index in [1.54, 1.807) is 65.6 Å². The van der Waals surface area contributed by atoms with E-state index in [1.165, 1.54) is 7.11 Å². The van der Waals surface area contributed by atoms with Crippen LogP contribution in [0.25, 0.3) is 10.8 Å². The first-order valence-corrected chi connectivity index (χ1v) is 14.9. The molecule has 8 nitrogen and oxygen atoms in total. The van der Waals surface area contributed by atoms with E-state index in [9.17, 15) is 13.2 Å². The van der Waals surface area contributed by atoms with E-state index >= 15 is 0 Å². The van der Waals surface area contributed by atoms with Crippen LogP contribution in [0.4, 0.5) is 16.2 Å². The highest BCUT2D eigenvalue weighted by Gasteiger charge is 2.19. The summed E-state index contributed by atoms with van der Waals surface area (Å²) >= 11 is 0. The Labute approximate surface area is 245 Å². The lowest BCUT2D eigenvalue weighted by Crippen LogP contribution is -2.37. The monoisotopic (exact) mass is 581 g/mol. The molecule has 9 heteroatoms. The van der Waals surface area contributed by atoms with Crippen LogP contribution in [0.3, 0.4) is 0 Å². The summed E-state index contributed by atoms with van der Waals surface area (Å²) in [7, 11) is -2.19. The maximum atomic E-state index is 13.5. The van der Waals surface area contributed by atoms with Gasteiger partial charge in [0.15, 0.2) is 0 Å². The topological polar surface area (TPSA) is 97.0 Å². The highest BCUT2D eigenvalue weighted by Crippen LogP contribution is 2.27. The number of para-hydroxylation sites is 3. The lowest BCUT2D eigenvalue weighted by Gasteiger charge is -2.24. The van der Waals surface area contributed by atoms with Crippen molar-refractivity contribution >= 4 is 38.2 Å². The zero-order valence-corrected chi connectivity index (χ0v) is 23.9. The fourth-order valence-corrected chi connectivity index (χ4v) is 5.57. The van der Waals surface area contributed by atoms with Gasteiger partial charge in [-0.3, -0.25) is 4.90 Å². The largest absolute Gasteiger partial charge is 0.495 e. The average molecular weight is 582 g/mol. The number of hydrogen-bond donors (Lipinski definition) is 2. The standard InChI is InChI=1S/C33H31N3O5S/c1-40-32-15-8-7-14-31(32)35-33(37)36(27-17-19-29(20-18-27)41-28-12-3-2-4-13-28)23-9-22-34-42(38,39)30-21-16-25-10-5-6-11-26(25)24-30/h2-8,10-21,24,34H,9,22-23H2,1H3,(H,35,37). The predicted octanol–water partition coefficient (Wildman–Crippen LogP) is 7.05. The Kier molecular flexibility index (Phi) is 9.01. The molecule has 5 aromatic rings. The number of fused-ring (bicyclic) bond motifs is 1. The Hall–Kier alpha value is -4.86. The zero-order valence-electron chi connectivity index (χ0n) is 23.1. The number of methoxy groups -OCH3 is 1. The normalized spacial score (nSPS) is 11.2. The molecule has 2 amide bonds. The molecule has 0 bridgehead atoms. The third kappa shape index (κ3) is 7.06. The van der Waals surface area contributed by atoms with Crippen LogP contribution in [0.15, 0.2) is 126 Å². The second-order valence-electron chi connectivity index (χ2n) is 9.45. The molecular weight excluding hydrogens is 550 g/mol. The third-order valence-electron chi connectivity index (χ3n) is 6.60. The van der Waals surface area contributed by atoms with Crippen molar-refractivity contribution in [3.8, 4) is 17.2 Å². The number of nitrogens with zero attached hydrogens (tertiary/aromatic N) is 1. The van der Waals surface area contributed by atoms with Gasteiger partial charge in [0.05, 0.1) is 17.7 Å². The molecule has 0 heterocycles. The number of amides is 2. The molecule has 214 valence electrons. The number of anilines is 2. The van der Waals surface area contributed by atoms with E-state index in [2.05, 4.69) is 10.0 Å². The van der Waals surface area contributed by atoms with E-state index < -0.39 is 10.0 Å². The molecule has 42 heavy (non-hydrogen) atoms. The second kappa shape index (κ2) is 13.2. The Morgan fingerprint density at radius 3 is 2.19 bits per heavy atom. The first kappa shape index (κ1) is 28.7. The molecule has 0 unspecified atom stereocenters. The van der Waals surface area contributed by atoms with E-state index in [1.807, 2.05) is 60.7 Å². The number of urea groups is 1. The maximum absolute atomic E-state index is 13.5. The molecule has 0 aliphatic rings. The van der Waals surface area contributed by atoms with Crippen molar-refractivity contribution in [2.75, 3.05) is 30.4 Å². The fraction of sp³-hybridized carbons (Fsp3) is 0.121. The highest BCUT2D eigenvalue weighted by molar-refractivity contribution is 7.89. The van der Waals surface area contributed by atoms with Gasteiger partial charge in [-0.15, -0.1) is 0 Å². The van der Waals surface area contributed by atoms with Crippen molar-refractivity contribution in [3.63, 3.8) is 0 Å². The summed E-state index contributed by atoms with van der Waals surface area (Å²) in [5.74, 6) is 1.86. The number of ether oxygens (including phenoxy) is 2. The molecule has 0 spiro atoms. The van der Waals surface area contributed by atoms with Crippen LogP contribution >= 0.6 is 0 Å². The predicted molar refractivity (Wildman–Crippen MR) is 166 cm³/mol. The number of hydrogen-bond acceptors (Lipinski definition) is 5. The molecule has 2 N–H and O–H groups in total. The number of rotatable bonds is 11. The van der Waals surface area contributed by atoms with Crippen LogP contribution in [0, 0.1) is 0 Å². The molecule has 5 rings (SSSR count). The van der Waals surface area contributed by atoms with Gasteiger partial charge in [-0.2, -0.15) is 0 Å². The number of sulfonamides is 1. The van der Waals surface area contributed by atoms with Crippen molar-refractivity contribution < 1.29 is 22.7 Å². The van der Waals surface area contributed by atoms with E-state index in [0.29, 0.717) is 35.0 Å². The molecular formula is C33H31N3O5S. The summed E-state index contributed by atoms with van der Waals surface area (Å²) in [5.41, 5.74) is 1.15. The summed E-state index contributed by atoms with van der Waals surface area (Å²) < 4.78 is 39.9. The minimum absolute atomic E-state index is 0.142. The first-order chi connectivity index (χ1) is 20.4. The van der Waals surface area contributed by atoms with Crippen molar-refractivity contribution in [1.82, 2.24) is 4.72 Å². The molecule has 0 aliphatic carbocycles. The van der Waals surface area contributed by atoms with Gasteiger partial charge >= 0.3 is 6.03 Å². The van der Waals surface area contributed by atoms with Gasteiger partial charge in [-0.1, -0.05) is 60.7 Å². The number of carbonyl (C=O) groups is 1. The van der Waals surface area contributed by atoms with E-state index in [-0.39, 0.29) is 24.0 Å². The summed E-state index contributed by atoms with van der Waals surface area (Å²) in [5, 5.41) is 4.72. The van der Waals surface area contributed by atoms with Crippen LogP contribution < -0.4 is 24.4 Å². The first-order valence-electron chi connectivity index (χ1n) is 13.5. The summed E-state index contributed by atoms with van der Waals surface area (Å²) in [6.45, 7) is 0.392. The van der Waals surface area contributed by atoms with Crippen molar-refractivity contribution in [2.45, 2.75) is 11.3 Å². The Bertz CT molecular complexity index is 1760. The Balaban J connectivity index is 1.29. The molecule has 0 atom stereocenters. The van der Waals surface area contributed by atoms with Crippen LogP contribution in [0.1, 0.15) is 6.42 Å². The SMILES string of the molecule is COc1ccccc1NC(=O)N(CCCNS(=O)(=O)c1ccc2ccccc2c1)c1ccc(Oc2ccccc2)cc1. The van der Waals surface area contributed by atoms with Crippen LogP contribution in [-0.2, 0) is 10.0 Å². The van der Waals surface area contributed by atoms with Crippen LogP contribution in [-0.4, -0.2) is 34.6 Å². The minimum Gasteiger partial charge on any atom is -0.495 e. The van der Waals surface area contributed by atoms with Crippen LogP contribution in [0.5, 0.6) is 17.2 Å². The lowest BCUT2D eigenvalue weighted by molar-refractivity contribution is 0.256. The van der Waals surface area contributed by atoms with Gasteiger partial charge in [0.25, 0.3) is 0 Å². The zero-order chi connectivity index (χ0) is 29.4. The van der Waals surface area contributed by atoms with Gasteiger partial charge in [-0.05, 0) is 77.9 Å². The van der Waals surface area contributed by atoms with Gasteiger partial charge in [0.2, 0.25) is 10.0 Å². The molecule has 0 aliphatic heterocycles. The van der Waals surface area contributed by atoms with E-state index in [0.717, 1.165) is 10.8 Å². The van der Waals surface area contributed by atoms with Gasteiger partial charge < -0.3 is 14.8 Å². The molecule has 0 radical (unpaired) electrons. The number of benzene rings is 5. The van der Waals surface area contributed by atoms with Crippen molar-refractivity contribution in [1.29, 1.82) is 0 Å². The second-order valence-corrected chi connectivity index (χ2v) is 11.2. The minimum atomic E-state index is -3.73.